The summed E-state index contributed by atoms with van der Waals surface area (Å²) in [5.41, 5.74) is 3.00. The summed E-state index contributed by atoms with van der Waals surface area (Å²) < 4.78 is 16.4. The summed E-state index contributed by atoms with van der Waals surface area (Å²) in [6.45, 7) is 6.44. The predicted octanol–water partition coefficient (Wildman–Crippen LogP) is 4.38. The Kier molecular flexibility index (Phi) is 11.1. The maximum absolute atomic E-state index is 11.5. The molecule has 1 amide bonds. The lowest BCUT2D eigenvalue weighted by molar-refractivity contribution is 0.0783. The zero-order valence-corrected chi connectivity index (χ0v) is 21.2. The van der Waals surface area contributed by atoms with Crippen LogP contribution in [-0.4, -0.2) is 62.2 Å². The number of rotatable bonds is 7. The largest absolute Gasteiger partial charge is 0.487 e. The smallest absolute Gasteiger partial charge is 0.409 e. The van der Waals surface area contributed by atoms with E-state index >= 15 is 0 Å². The van der Waals surface area contributed by atoms with E-state index in [1.54, 1.807) is 11.0 Å². The Morgan fingerprint density at radius 1 is 1.27 bits per heavy atom. The van der Waals surface area contributed by atoms with Gasteiger partial charge >= 0.3 is 6.09 Å². The summed E-state index contributed by atoms with van der Waals surface area (Å²) in [5.74, 6) is 0.773. The summed E-state index contributed by atoms with van der Waals surface area (Å²) in [5, 5.41) is 3.10. The van der Waals surface area contributed by atoms with Crippen LogP contribution in [0.15, 0.2) is 34.9 Å². The molecular formula is C24H32BrN3O5. The third kappa shape index (κ3) is 8.33. The Bertz CT molecular complexity index is 900. The van der Waals surface area contributed by atoms with Gasteiger partial charge in [0.15, 0.2) is 16.6 Å². The first-order valence-electron chi connectivity index (χ1n) is 10.9. The van der Waals surface area contributed by atoms with Crippen LogP contribution in [-0.2, 0) is 11.3 Å². The van der Waals surface area contributed by atoms with E-state index < -0.39 is 0 Å². The molecule has 0 aliphatic carbocycles. The predicted molar refractivity (Wildman–Crippen MR) is 130 cm³/mol. The summed E-state index contributed by atoms with van der Waals surface area (Å²) in [4.78, 5) is 28.5. The summed E-state index contributed by atoms with van der Waals surface area (Å²) in [6, 6.07) is 10.2. The Morgan fingerprint density at radius 3 is 2.48 bits per heavy atom. The molecule has 1 aliphatic heterocycles. The van der Waals surface area contributed by atoms with Crippen LogP contribution in [0.5, 0.6) is 11.6 Å². The minimum absolute atomic E-state index is 0.0496. The van der Waals surface area contributed by atoms with E-state index in [2.05, 4.69) is 57.4 Å². The van der Waals surface area contributed by atoms with Crippen molar-refractivity contribution in [3.05, 3.63) is 51.6 Å². The number of ether oxygens (including phenoxy) is 3. The van der Waals surface area contributed by atoms with Gasteiger partial charge in [0, 0.05) is 32.5 Å². The van der Waals surface area contributed by atoms with Crippen LogP contribution >= 0.6 is 15.9 Å². The van der Waals surface area contributed by atoms with E-state index in [9.17, 15) is 9.59 Å². The van der Waals surface area contributed by atoms with Crippen LogP contribution in [0.2, 0.25) is 0 Å². The topological polar surface area (TPSA) is 90.0 Å². The number of aromatic nitrogens is 1. The molecule has 0 bridgehead atoms. The summed E-state index contributed by atoms with van der Waals surface area (Å²) in [7, 11) is 3.33. The second-order valence-electron chi connectivity index (χ2n) is 7.51. The van der Waals surface area contributed by atoms with Crippen LogP contribution in [0.3, 0.4) is 0 Å². The molecule has 1 aromatic heterocycles. The average Bonchev–Trinajstić information content (AvgIpc) is 2.83. The zero-order valence-electron chi connectivity index (χ0n) is 19.6. The molecule has 33 heavy (non-hydrogen) atoms. The first kappa shape index (κ1) is 26.6. The van der Waals surface area contributed by atoms with Gasteiger partial charge in [0.05, 0.1) is 19.3 Å². The number of aldehydes is 1. The summed E-state index contributed by atoms with van der Waals surface area (Å²) in [6.07, 6.45) is 1.69. The normalized spacial score (nSPS) is 13.5. The van der Waals surface area contributed by atoms with Crippen molar-refractivity contribution in [3.8, 4) is 11.6 Å². The van der Waals surface area contributed by atoms with Gasteiger partial charge in [-0.25, -0.2) is 9.78 Å². The third-order valence-corrected chi connectivity index (χ3v) is 5.58. The molecule has 1 N–H and O–H groups in total. The molecule has 1 aromatic carbocycles. The lowest BCUT2D eigenvalue weighted by Gasteiger charge is -2.31. The van der Waals surface area contributed by atoms with Crippen LogP contribution in [0.4, 0.5) is 4.79 Å². The first-order valence-corrected chi connectivity index (χ1v) is 11.7. The van der Waals surface area contributed by atoms with Crippen molar-refractivity contribution in [1.82, 2.24) is 15.2 Å². The zero-order chi connectivity index (χ0) is 24.2. The van der Waals surface area contributed by atoms with Gasteiger partial charge < -0.3 is 24.4 Å². The fourth-order valence-corrected chi connectivity index (χ4v) is 3.63. The van der Waals surface area contributed by atoms with Crippen LogP contribution in [0.1, 0.15) is 41.3 Å². The van der Waals surface area contributed by atoms with Gasteiger partial charge in [-0.15, -0.1) is 0 Å². The number of likely N-dealkylation sites (tertiary alicyclic amines) is 1. The Hall–Kier alpha value is -2.65. The average molecular weight is 522 g/mol. The Balaban J connectivity index is 0.000000321. The van der Waals surface area contributed by atoms with Gasteiger partial charge in [0.1, 0.15) is 6.10 Å². The van der Waals surface area contributed by atoms with E-state index in [4.69, 9.17) is 14.2 Å². The number of piperidine rings is 1. The second kappa shape index (κ2) is 13.8. The highest BCUT2D eigenvalue weighted by molar-refractivity contribution is 9.10. The van der Waals surface area contributed by atoms with Crippen molar-refractivity contribution in [3.63, 3.8) is 0 Å². The number of hydrogen-bond donors (Lipinski definition) is 1. The van der Waals surface area contributed by atoms with Gasteiger partial charge in [0.2, 0.25) is 5.88 Å². The minimum atomic E-state index is -0.324. The van der Waals surface area contributed by atoms with Gasteiger partial charge in [-0.3, -0.25) is 4.79 Å². The molecule has 1 aliphatic rings. The molecule has 0 atom stereocenters. The molecule has 0 saturated carbocycles. The van der Waals surface area contributed by atoms with Gasteiger partial charge in [-0.1, -0.05) is 29.8 Å². The van der Waals surface area contributed by atoms with Gasteiger partial charge in [-0.05, 0) is 48.5 Å². The number of pyridine rings is 1. The molecule has 0 unspecified atom stereocenters. The maximum Gasteiger partial charge on any atom is 0.409 e. The van der Waals surface area contributed by atoms with Gasteiger partial charge in [-0.2, -0.15) is 0 Å². The Labute approximate surface area is 203 Å². The number of carbonyl (C=O) groups is 2. The number of nitrogens with zero attached hydrogens (tertiary/aromatic N) is 2. The van der Waals surface area contributed by atoms with Crippen molar-refractivity contribution in [2.75, 3.05) is 33.9 Å². The van der Waals surface area contributed by atoms with Crippen molar-refractivity contribution in [2.45, 2.75) is 39.3 Å². The molecule has 180 valence electrons. The molecule has 2 aromatic rings. The lowest BCUT2D eigenvalue weighted by Crippen LogP contribution is -2.41. The minimum Gasteiger partial charge on any atom is -0.487 e. The second-order valence-corrected chi connectivity index (χ2v) is 8.26. The highest BCUT2D eigenvalue weighted by atomic mass is 79.9. The van der Waals surface area contributed by atoms with Crippen LogP contribution in [0.25, 0.3) is 0 Å². The fraction of sp³-hybridized carbons (Fsp3) is 0.458. The SMILES string of the molecule is CCOc1nc(Br)c(OC2CCN(C(=O)OC)CC2)cc1C=O.CNCc1ccc(C)cc1. The quantitative estimate of drug-likeness (QED) is 0.427. The summed E-state index contributed by atoms with van der Waals surface area (Å²) >= 11 is 3.34. The van der Waals surface area contributed by atoms with Crippen molar-refractivity contribution < 1.29 is 23.8 Å². The molecule has 0 spiro atoms. The first-order chi connectivity index (χ1) is 15.9. The number of halogens is 1. The number of aryl methyl sites for hydroxylation is 1. The highest BCUT2D eigenvalue weighted by Gasteiger charge is 2.25. The molecule has 8 nitrogen and oxygen atoms in total. The number of hydrogen-bond acceptors (Lipinski definition) is 7. The van der Waals surface area contributed by atoms with Crippen LogP contribution < -0.4 is 14.8 Å². The monoisotopic (exact) mass is 521 g/mol. The van der Waals surface area contributed by atoms with E-state index in [1.165, 1.54) is 18.2 Å². The molecule has 0 radical (unpaired) electrons. The molecule has 3 rings (SSSR count). The lowest BCUT2D eigenvalue weighted by atomic mass is 10.1. The number of nitrogens with one attached hydrogen (secondary N) is 1. The number of carbonyl (C=O) groups excluding carboxylic acids is 2. The number of amides is 1. The highest BCUT2D eigenvalue weighted by Crippen LogP contribution is 2.31. The molecule has 2 heterocycles. The van der Waals surface area contributed by atoms with E-state index in [0.29, 0.717) is 54.7 Å². The van der Waals surface area contributed by atoms with Crippen LogP contribution in [0, 0.1) is 6.92 Å². The van der Waals surface area contributed by atoms with Crippen molar-refractivity contribution >= 4 is 28.3 Å². The standard InChI is InChI=1S/C15H19BrN2O5.C9H13N/c1-3-22-14-10(9-19)8-12(13(16)17-14)23-11-4-6-18(7-5-11)15(20)21-2;1-8-3-5-9(6-4-8)7-10-2/h8-9,11H,3-7H2,1-2H3;3-6,10H,7H2,1-2H3. The maximum atomic E-state index is 11.5. The van der Waals surface area contributed by atoms with Crippen molar-refractivity contribution in [2.24, 2.45) is 0 Å². The molecular weight excluding hydrogens is 490 g/mol. The van der Waals surface area contributed by atoms with E-state index in [1.807, 2.05) is 14.0 Å². The van der Waals surface area contributed by atoms with E-state index in [0.717, 1.165) is 6.54 Å². The fourth-order valence-electron chi connectivity index (χ4n) is 3.27. The third-order valence-electron chi connectivity index (χ3n) is 5.01. The molecule has 9 heteroatoms. The molecule has 1 saturated heterocycles. The number of benzene rings is 1. The number of methoxy groups -OCH3 is 1. The van der Waals surface area contributed by atoms with Gasteiger partial charge in [0.25, 0.3) is 0 Å². The molecule has 1 fully saturated rings. The van der Waals surface area contributed by atoms with E-state index in [-0.39, 0.29) is 18.1 Å². The van der Waals surface area contributed by atoms with Crippen molar-refractivity contribution in [1.29, 1.82) is 0 Å². The Morgan fingerprint density at radius 2 is 1.94 bits per heavy atom.